The van der Waals surface area contributed by atoms with Crippen LogP contribution in [0.25, 0.3) is 0 Å². The molecule has 0 aromatic heterocycles. The molecule has 27 heavy (non-hydrogen) atoms. The van der Waals surface area contributed by atoms with E-state index < -0.39 is 0 Å². The Morgan fingerprint density at radius 2 is 1.26 bits per heavy atom. The van der Waals surface area contributed by atoms with Gasteiger partial charge in [0, 0.05) is 25.2 Å². The van der Waals surface area contributed by atoms with Crippen molar-refractivity contribution in [1.29, 1.82) is 0 Å². The molecule has 0 N–H and O–H groups in total. The zero-order valence-electron chi connectivity index (χ0n) is 16.2. The number of esters is 1. The highest BCUT2D eigenvalue weighted by Crippen LogP contribution is 2.29. The monoisotopic (exact) mass is 366 g/mol. The van der Waals surface area contributed by atoms with Crippen molar-refractivity contribution >= 4 is 11.8 Å². The maximum absolute atomic E-state index is 12.3. The zero-order valence-corrected chi connectivity index (χ0v) is 16.2. The highest BCUT2D eigenvalue weighted by Gasteiger charge is 2.15. The smallest absolute Gasteiger partial charge is 0.305 e. The zero-order chi connectivity index (χ0) is 19.3. The van der Waals surface area contributed by atoms with Crippen LogP contribution in [0, 0.1) is 0 Å². The molecule has 3 heteroatoms. The molecule has 0 amide bonds. The quantitative estimate of drug-likeness (QED) is 0.358. The number of hydrogen-bond acceptors (Lipinski definition) is 3. The molecule has 3 nitrogen and oxygen atoms in total. The Kier molecular flexibility index (Phi) is 9.33. The van der Waals surface area contributed by atoms with Gasteiger partial charge in [-0.2, -0.15) is 0 Å². The Morgan fingerprint density at radius 3 is 1.78 bits per heavy atom. The van der Waals surface area contributed by atoms with Crippen LogP contribution < -0.4 is 0 Å². The standard InChI is InChI=1S/C24H30O3/c1-27-24(26)17-11-3-2-10-16-22(25)18-19-23(20-12-6-4-7-13-20)21-14-8-5-9-15-21/h4-9,12-15,23H,2-3,10-11,16-19H2,1H3. The van der Waals surface area contributed by atoms with Gasteiger partial charge in [0.25, 0.3) is 0 Å². The summed E-state index contributed by atoms with van der Waals surface area (Å²) in [5.41, 5.74) is 2.53. The molecule has 0 saturated carbocycles. The second-order valence-electron chi connectivity index (χ2n) is 6.94. The van der Waals surface area contributed by atoms with E-state index in [1.165, 1.54) is 18.2 Å². The molecule has 0 aliphatic rings. The highest BCUT2D eigenvalue weighted by atomic mass is 16.5. The van der Waals surface area contributed by atoms with Crippen LogP contribution in [-0.2, 0) is 14.3 Å². The van der Waals surface area contributed by atoms with Gasteiger partial charge in [-0.15, -0.1) is 0 Å². The molecule has 2 aromatic rings. The van der Waals surface area contributed by atoms with Gasteiger partial charge in [-0.1, -0.05) is 73.5 Å². The van der Waals surface area contributed by atoms with E-state index in [-0.39, 0.29) is 11.9 Å². The topological polar surface area (TPSA) is 43.4 Å². The van der Waals surface area contributed by atoms with Gasteiger partial charge in [-0.3, -0.25) is 9.59 Å². The van der Waals surface area contributed by atoms with Crippen LogP contribution in [0.4, 0.5) is 0 Å². The molecule has 2 aromatic carbocycles. The SMILES string of the molecule is COC(=O)CCCCCCC(=O)CCC(c1ccccc1)c1ccccc1. The fourth-order valence-electron chi connectivity index (χ4n) is 3.37. The van der Waals surface area contributed by atoms with Crippen molar-refractivity contribution in [2.45, 2.75) is 57.3 Å². The Hall–Kier alpha value is -2.42. The maximum Gasteiger partial charge on any atom is 0.305 e. The molecule has 2 rings (SSSR count). The number of rotatable bonds is 12. The normalized spacial score (nSPS) is 10.7. The van der Waals surface area contributed by atoms with Crippen molar-refractivity contribution in [3.05, 3.63) is 71.8 Å². The number of hydrogen-bond donors (Lipinski definition) is 0. The van der Waals surface area contributed by atoms with Crippen molar-refractivity contribution in [2.24, 2.45) is 0 Å². The first kappa shape index (κ1) is 20.9. The molecule has 0 unspecified atom stereocenters. The number of benzene rings is 2. The van der Waals surface area contributed by atoms with Crippen molar-refractivity contribution in [3.63, 3.8) is 0 Å². The summed E-state index contributed by atoms with van der Waals surface area (Å²) in [6.45, 7) is 0. The van der Waals surface area contributed by atoms with Crippen LogP contribution in [0.5, 0.6) is 0 Å². The molecule has 0 aliphatic carbocycles. The minimum absolute atomic E-state index is 0.154. The van der Waals surface area contributed by atoms with E-state index in [0.717, 1.165) is 32.1 Å². The third kappa shape index (κ3) is 7.78. The van der Waals surface area contributed by atoms with Gasteiger partial charge in [-0.25, -0.2) is 0 Å². The van der Waals surface area contributed by atoms with Crippen LogP contribution in [0.1, 0.15) is 68.4 Å². The van der Waals surface area contributed by atoms with Gasteiger partial charge in [0.05, 0.1) is 7.11 Å². The molecule has 0 spiro atoms. The number of Topliss-reactive ketones (excluding diaryl/α,β-unsaturated/α-hetero) is 1. The Bertz CT molecular complexity index is 640. The van der Waals surface area contributed by atoms with E-state index >= 15 is 0 Å². The summed E-state index contributed by atoms with van der Waals surface area (Å²) < 4.78 is 4.63. The summed E-state index contributed by atoms with van der Waals surface area (Å²) in [7, 11) is 1.42. The van der Waals surface area contributed by atoms with Gasteiger partial charge in [0.1, 0.15) is 5.78 Å². The molecule has 0 atom stereocenters. The highest BCUT2D eigenvalue weighted by molar-refractivity contribution is 5.78. The molecule has 0 fully saturated rings. The molecular formula is C24H30O3. The Labute approximate surface area is 162 Å². The first-order chi connectivity index (χ1) is 13.2. The predicted octanol–water partition coefficient (Wildman–Crippen LogP) is 5.68. The van der Waals surface area contributed by atoms with E-state index in [2.05, 4.69) is 53.3 Å². The lowest BCUT2D eigenvalue weighted by Crippen LogP contribution is -2.06. The minimum atomic E-state index is -0.154. The van der Waals surface area contributed by atoms with E-state index in [1.54, 1.807) is 0 Å². The minimum Gasteiger partial charge on any atom is -0.469 e. The van der Waals surface area contributed by atoms with Crippen LogP contribution in [0.2, 0.25) is 0 Å². The lowest BCUT2D eigenvalue weighted by atomic mass is 9.86. The number of carbonyl (C=O) groups excluding carboxylic acids is 2. The molecular weight excluding hydrogens is 336 g/mol. The van der Waals surface area contributed by atoms with Crippen molar-refractivity contribution in [2.75, 3.05) is 7.11 Å². The maximum atomic E-state index is 12.3. The van der Waals surface area contributed by atoms with Crippen LogP contribution in [-0.4, -0.2) is 18.9 Å². The molecule has 0 radical (unpaired) electrons. The predicted molar refractivity (Wildman–Crippen MR) is 109 cm³/mol. The van der Waals surface area contributed by atoms with Crippen molar-refractivity contribution < 1.29 is 14.3 Å². The van der Waals surface area contributed by atoms with Crippen LogP contribution >= 0.6 is 0 Å². The number of ether oxygens (including phenoxy) is 1. The average molecular weight is 367 g/mol. The molecule has 144 valence electrons. The average Bonchev–Trinajstić information content (AvgIpc) is 2.72. The van der Waals surface area contributed by atoms with Gasteiger partial charge in [-0.05, 0) is 30.4 Å². The van der Waals surface area contributed by atoms with Gasteiger partial charge >= 0.3 is 5.97 Å². The van der Waals surface area contributed by atoms with E-state index in [1.807, 2.05) is 12.1 Å². The number of carbonyl (C=O) groups is 2. The molecule has 0 heterocycles. The Balaban J connectivity index is 1.76. The third-order valence-electron chi connectivity index (χ3n) is 4.93. The fourth-order valence-corrected chi connectivity index (χ4v) is 3.37. The van der Waals surface area contributed by atoms with Gasteiger partial charge in [0.15, 0.2) is 0 Å². The van der Waals surface area contributed by atoms with Crippen molar-refractivity contribution in [3.8, 4) is 0 Å². The summed E-state index contributed by atoms with van der Waals surface area (Å²) in [5, 5.41) is 0. The fraction of sp³-hybridized carbons (Fsp3) is 0.417. The summed E-state index contributed by atoms with van der Waals surface area (Å²) in [4.78, 5) is 23.4. The van der Waals surface area contributed by atoms with E-state index in [9.17, 15) is 9.59 Å². The van der Waals surface area contributed by atoms with Crippen molar-refractivity contribution in [1.82, 2.24) is 0 Å². The molecule has 0 saturated heterocycles. The first-order valence-electron chi connectivity index (χ1n) is 9.89. The first-order valence-corrected chi connectivity index (χ1v) is 9.89. The summed E-state index contributed by atoms with van der Waals surface area (Å²) >= 11 is 0. The van der Waals surface area contributed by atoms with Crippen LogP contribution in [0.15, 0.2) is 60.7 Å². The van der Waals surface area contributed by atoms with Gasteiger partial charge < -0.3 is 4.74 Å². The molecule has 0 bridgehead atoms. The third-order valence-corrected chi connectivity index (χ3v) is 4.93. The Morgan fingerprint density at radius 1 is 0.741 bits per heavy atom. The second kappa shape index (κ2) is 12.1. The number of methoxy groups -OCH3 is 1. The summed E-state index contributed by atoms with van der Waals surface area (Å²) in [6.07, 6.45) is 6.26. The van der Waals surface area contributed by atoms with Gasteiger partial charge in [0.2, 0.25) is 0 Å². The largest absolute Gasteiger partial charge is 0.469 e. The summed E-state index contributed by atoms with van der Waals surface area (Å²) in [6, 6.07) is 20.8. The van der Waals surface area contributed by atoms with Crippen LogP contribution in [0.3, 0.4) is 0 Å². The number of ketones is 1. The van der Waals surface area contributed by atoms with E-state index in [0.29, 0.717) is 25.0 Å². The lowest BCUT2D eigenvalue weighted by Gasteiger charge is -2.17. The molecule has 0 aliphatic heterocycles. The lowest BCUT2D eigenvalue weighted by molar-refractivity contribution is -0.140. The van der Waals surface area contributed by atoms with E-state index in [4.69, 9.17) is 0 Å². The summed E-state index contributed by atoms with van der Waals surface area (Å²) in [5.74, 6) is 0.440. The number of unbranched alkanes of at least 4 members (excludes halogenated alkanes) is 3. The second-order valence-corrected chi connectivity index (χ2v) is 6.94.